The Bertz CT molecular complexity index is 755. The monoisotopic (exact) mass is 356 g/mol. The molecule has 1 heterocycles. The normalized spacial score (nSPS) is 16.3. The van der Waals surface area contributed by atoms with E-state index in [2.05, 4.69) is 10.2 Å². The Labute approximate surface area is 154 Å². The quantitative estimate of drug-likeness (QED) is 0.894. The van der Waals surface area contributed by atoms with Crippen molar-refractivity contribution in [3.63, 3.8) is 0 Å². The van der Waals surface area contributed by atoms with Crippen LogP contribution in [0.25, 0.3) is 0 Å². The molecular weight excluding hydrogens is 331 g/mol. The number of amides is 1. The summed E-state index contributed by atoms with van der Waals surface area (Å²) < 4.78 is 19.2. The van der Waals surface area contributed by atoms with E-state index in [1.54, 1.807) is 19.1 Å². The van der Waals surface area contributed by atoms with Crippen LogP contribution in [0, 0.1) is 19.7 Å². The Hall–Kier alpha value is -2.24. The molecule has 4 nitrogen and oxygen atoms in total. The second kappa shape index (κ2) is 8.43. The number of aryl methyl sites for hydroxylation is 2. The van der Waals surface area contributed by atoms with Gasteiger partial charge in [0.2, 0.25) is 0 Å². The number of nitrogens with zero attached hydrogens (tertiary/aromatic N) is 1. The summed E-state index contributed by atoms with van der Waals surface area (Å²) in [7, 11) is 0. The number of morpholine rings is 1. The maximum absolute atomic E-state index is 13.8. The van der Waals surface area contributed by atoms with Crippen LogP contribution in [0.3, 0.4) is 0 Å². The molecule has 138 valence electrons. The van der Waals surface area contributed by atoms with Gasteiger partial charge in [-0.2, -0.15) is 0 Å². The van der Waals surface area contributed by atoms with Crippen molar-refractivity contribution in [1.82, 2.24) is 10.2 Å². The van der Waals surface area contributed by atoms with Crippen LogP contribution < -0.4 is 5.32 Å². The lowest BCUT2D eigenvalue weighted by atomic mass is 10.0. The first-order chi connectivity index (χ1) is 12.5. The molecule has 26 heavy (non-hydrogen) atoms. The highest BCUT2D eigenvalue weighted by molar-refractivity contribution is 5.94. The Balaban J connectivity index is 1.78. The van der Waals surface area contributed by atoms with Crippen LogP contribution >= 0.6 is 0 Å². The minimum atomic E-state index is -0.363. The molecule has 0 spiro atoms. The Kier molecular flexibility index (Phi) is 6.01. The number of nitrogens with one attached hydrogen (secondary N) is 1. The standard InChI is InChI=1S/C21H25FN2O2/c1-15-3-6-17(7-4-15)20(14-24-9-11-26-12-10-24)23-21(25)18-8-5-16(2)19(22)13-18/h3-8,13,20H,9-12,14H2,1-2H3,(H,23,25). The number of benzene rings is 2. The topological polar surface area (TPSA) is 41.6 Å². The van der Waals surface area contributed by atoms with E-state index < -0.39 is 0 Å². The zero-order valence-electron chi connectivity index (χ0n) is 15.3. The first kappa shape index (κ1) is 18.5. The van der Waals surface area contributed by atoms with E-state index in [-0.39, 0.29) is 17.8 Å². The number of hydrogen-bond donors (Lipinski definition) is 1. The predicted molar refractivity (Wildman–Crippen MR) is 99.8 cm³/mol. The van der Waals surface area contributed by atoms with Gasteiger partial charge in [0.25, 0.3) is 5.91 Å². The number of carbonyl (C=O) groups is 1. The van der Waals surface area contributed by atoms with Gasteiger partial charge in [-0.1, -0.05) is 35.9 Å². The molecule has 1 aliphatic rings. The Morgan fingerprint density at radius 3 is 2.50 bits per heavy atom. The zero-order chi connectivity index (χ0) is 18.5. The fraction of sp³-hybridized carbons (Fsp3) is 0.381. The van der Waals surface area contributed by atoms with E-state index in [1.807, 2.05) is 31.2 Å². The summed E-state index contributed by atoms with van der Waals surface area (Å²) in [4.78, 5) is 15.0. The van der Waals surface area contributed by atoms with E-state index in [0.29, 0.717) is 30.9 Å². The van der Waals surface area contributed by atoms with Crippen molar-refractivity contribution in [1.29, 1.82) is 0 Å². The lowest BCUT2D eigenvalue weighted by molar-refractivity contribution is 0.0332. The third-order valence-electron chi connectivity index (χ3n) is 4.76. The van der Waals surface area contributed by atoms with Gasteiger partial charge in [-0.25, -0.2) is 4.39 Å². The van der Waals surface area contributed by atoms with E-state index in [0.717, 1.165) is 18.7 Å². The van der Waals surface area contributed by atoms with Crippen LogP contribution in [0.5, 0.6) is 0 Å². The molecule has 2 aromatic carbocycles. The number of hydrogen-bond acceptors (Lipinski definition) is 3. The summed E-state index contributed by atoms with van der Waals surface area (Å²) in [6, 6.07) is 12.6. The molecule has 3 rings (SSSR count). The third kappa shape index (κ3) is 4.68. The lowest BCUT2D eigenvalue weighted by Gasteiger charge is -2.31. The van der Waals surface area contributed by atoms with E-state index in [9.17, 15) is 9.18 Å². The molecule has 0 saturated carbocycles. The summed E-state index contributed by atoms with van der Waals surface area (Å²) in [6.07, 6.45) is 0. The molecule has 2 aromatic rings. The SMILES string of the molecule is Cc1ccc(C(CN2CCOCC2)NC(=O)c2ccc(C)c(F)c2)cc1. The minimum Gasteiger partial charge on any atom is -0.379 e. The van der Waals surface area contributed by atoms with Gasteiger partial charge in [-0.3, -0.25) is 9.69 Å². The molecule has 1 saturated heterocycles. The molecule has 1 aliphatic heterocycles. The summed E-state index contributed by atoms with van der Waals surface area (Å²) >= 11 is 0. The number of carbonyl (C=O) groups excluding carboxylic acids is 1. The molecule has 1 fully saturated rings. The second-order valence-electron chi connectivity index (χ2n) is 6.81. The van der Waals surface area contributed by atoms with Gasteiger partial charge in [0.1, 0.15) is 5.82 Å². The molecule has 1 amide bonds. The highest BCUT2D eigenvalue weighted by Gasteiger charge is 2.21. The van der Waals surface area contributed by atoms with Crippen molar-refractivity contribution in [2.45, 2.75) is 19.9 Å². The Morgan fingerprint density at radius 1 is 1.15 bits per heavy atom. The predicted octanol–water partition coefficient (Wildman–Crippen LogP) is 3.25. The van der Waals surface area contributed by atoms with E-state index >= 15 is 0 Å². The van der Waals surface area contributed by atoms with Crippen molar-refractivity contribution < 1.29 is 13.9 Å². The highest BCUT2D eigenvalue weighted by atomic mass is 19.1. The Morgan fingerprint density at radius 2 is 1.85 bits per heavy atom. The summed E-state index contributed by atoms with van der Waals surface area (Å²) in [6.45, 7) is 7.52. The zero-order valence-corrected chi connectivity index (χ0v) is 15.3. The summed E-state index contributed by atoms with van der Waals surface area (Å²) in [5, 5.41) is 3.07. The first-order valence-corrected chi connectivity index (χ1v) is 8.96. The van der Waals surface area contributed by atoms with Gasteiger partial charge in [-0.05, 0) is 37.1 Å². The van der Waals surface area contributed by atoms with Crippen molar-refractivity contribution in [3.05, 3.63) is 70.5 Å². The number of ether oxygens (including phenoxy) is 1. The molecule has 0 aliphatic carbocycles. The van der Waals surface area contributed by atoms with Gasteiger partial charge < -0.3 is 10.1 Å². The van der Waals surface area contributed by atoms with Gasteiger partial charge in [0, 0.05) is 25.2 Å². The fourth-order valence-corrected chi connectivity index (χ4v) is 3.05. The van der Waals surface area contributed by atoms with E-state index in [1.165, 1.54) is 11.6 Å². The van der Waals surface area contributed by atoms with Gasteiger partial charge in [0.05, 0.1) is 19.3 Å². The van der Waals surface area contributed by atoms with Crippen molar-refractivity contribution in [3.8, 4) is 0 Å². The smallest absolute Gasteiger partial charge is 0.251 e. The maximum Gasteiger partial charge on any atom is 0.251 e. The number of halogens is 1. The average molecular weight is 356 g/mol. The van der Waals surface area contributed by atoms with Gasteiger partial charge in [0.15, 0.2) is 0 Å². The molecule has 1 atom stereocenters. The van der Waals surface area contributed by atoms with Crippen LogP contribution in [-0.4, -0.2) is 43.7 Å². The molecule has 0 bridgehead atoms. The van der Waals surface area contributed by atoms with Crippen molar-refractivity contribution in [2.75, 3.05) is 32.8 Å². The summed E-state index contributed by atoms with van der Waals surface area (Å²) in [5.74, 6) is -0.625. The minimum absolute atomic E-state index is 0.162. The largest absolute Gasteiger partial charge is 0.379 e. The van der Waals surface area contributed by atoms with E-state index in [4.69, 9.17) is 4.74 Å². The van der Waals surface area contributed by atoms with Crippen LogP contribution in [-0.2, 0) is 4.74 Å². The second-order valence-corrected chi connectivity index (χ2v) is 6.81. The average Bonchev–Trinajstić information content (AvgIpc) is 2.65. The number of rotatable bonds is 5. The maximum atomic E-state index is 13.8. The van der Waals surface area contributed by atoms with Crippen molar-refractivity contribution in [2.24, 2.45) is 0 Å². The third-order valence-corrected chi connectivity index (χ3v) is 4.76. The van der Waals surface area contributed by atoms with Crippen LogP contribution in [0.1, 0.15) is 33.1 Å². The highest BCUT2D eigenvalue weighted by Crippen LogP contribution is 2.18. The molecule has 0 aromatic heterocycles. The van der Waals surface area contributed by atoms with Crippen LogP contribution in [0.15, 0.2) is 42.5 Å². The molecule has 5 heteroatoms. The molecule has 0 radical (unpaired) electrons. The van der Waals surface area contributed by atoms with Gasteiger partial charge >= 0.3 is 0 Å². The lowest BCUT2D eigenvalue weighted by Crippen LogP contribution is -2.43. The van der Waals surface area contributed by atoms with Crippen LogP contribution in [0.4, 0.5) is 4.39 Å². The van der Waals surface area contributed by atoms with Crippen molar-refractivity contribution >= 4 is 5.91 Å². The molecule has 1 unspecified atom stereocenters. The fourth-order valence-electron chi connectivity index (χ4n) is 3.05. The van der Waals surface area contributed by atoms with Gasteiger partial charge in [-0.15, -0.1) is 0 Å². The van der Waals surface area contributed by atoms with Crippen LogP contribution in [0.2, 0.25) is 0 Å². The first-order valence-electron chi connectivity index (χ1n) is 8.96. The molecule has 1 N–H and O–H groups in total. The molecular formula is C21H25FN2O2. The summed E-state index contributed by atoms with van der Waals surface area (Å²) in [5.41, 5.74) is 3.09.